The predicted molar refractivity (Wildman–Crippen MR) is 96.0 cm³/mol. The third kappa shape index (κ3) is 4.47. The number of rotatable bonds is 3. The summed E-state index contributed by atoms with van der Waals surface area (Å²) in [6, 6.07) is 6.05. The van der Waals surface area contributed by atoms with Crippen molar-refractivity contribution in [1.29, 1.82) is 0 Å². The Bertz CT molecular complexity index is 556. The van der Waals surface area contributed by atoms with Crippen molar-refractivity contribution in [2.45, 2.75) is 58.9 Å². The van der Waals surface area contributed by atoms with Gasteiger partial charge in [-0.15, -0.1) is 0 Å². The molecule has 0 unspecified atom stereocenters. The van der Waals surface area contributed by atoms with Crippen LogP contribution < -0.4 is 16.0 Å². The van der Waals surface area contributed by atoms with Gasteiger partial charge in [-0.1, -0.05) is 37.5 Å². The molecule has 0 atom stereocenters. The first-order chi connectivity index (χ1) is 11.0. The highest BCUT2D eigenvalue weighted by atomic mass is 16.2. The molecule has 2 amide bonds. The topological polar surface area (TPSA) is 70.7 Å². The Morgan fingerprint density at radius 3 is 2.43 bits per heavy atom. The standard InChI is InChI=1S/C18H28N4O/c1-4-22(16-13(2)9-8-10-14(16)3)18(23)21-17(19)20-15-11-6-5-7-12-15/h8-10,15H,4-7,11-12H2,1-3H3,(H3,19,20,21,23). The average molecular weight is 316 g/mol. The van der Waals surface area contributed by atoms with Crippen molar-refractivity contribution in [3.05, 3.63) is 29.3 Å². The van der Waals surface area contributed by atoms with Crippen molar-refractivity contribution in [2.24, 2.45) is 10.7 Å². The van der Waals surface area contributed by atoms with Gasteiger partial charge in [0.25, 0.3) is 0 Å². The molecule has 0 bridgehead atoms. The number of amides is 2. The van der Waals surface area contributed by atoms with Crippen molar-refractivity contribution in [1.82, 2.24) is 5.32 Å². The summed E-state index contributed by atoms with van der Waals surface area (Å²) < 4.78 is 0. The Labute approximate surface area is 139 Å². The summed E-state index contributed by atoms with van der Waals surface area (Å²) in [6.45, 7) is 6.56. The molecule has 0 aliphatic heterocycles. The summed E-state index contributed by atoms with van der Waals surface area (Å²) in [5.74, 6) is 0.228. The molecule has 1 aliphatic carbocycles. The molecule has 1 aromatic rings. The summed E-state index contributed by atoms with van der Waals surface area (Å²) in [6.07, 6.45) is 5.78. The molecule has 1 fully saturated rings. The molecule has 5 nitrogen and oxygen atoms in total. The van der Waals surface area contributed by atoms with Crippen LogP contribution in [0.3, 0.4) is 0 Å². The molecule has 2 rings (SSSR count). The quantitative estimate of drug-likeness (QED) is 0.662. The van der Waals surface area contributed by atoms with Gasteiger partial charge in [0, 0.05) is 6.54 Å². The van der Waals surface area contributed by atoms with Crippen LogP contribution in [0, 0.1) is 13.8 Å². The lowest BCUT2D eigenvalue weighted by atomic mass is 9.96. The van der Waals surface area contributed by atoms with Gasteiger partial charge >= 0.3 is 6.03 Å². The van der Waals surface area contributed by atoms with E-state index < -0.39 is 0 Å². The molecule has 5 heteroatoms. The van der Waals surface area contributed by atoms with Gasteiger partial charge in [-0.3, -0.25) is 10.2 Å². The highest BCUT2D eigenvalue weighted by Gasteiger charge is 2.19. The minimum Gasteiger partial charge on any atom is -0.370 e. The number of carbonyl (C=O) groups excluding carboxylic acids is 1. The molecule has 1 aliphatic rings. The number of aliphatic imine (C=N–C) groups is 1. The van der Waals surface area contributed by atoms with Gasteiger partial charge in [0.05, 0.1) is 11.7 Å². The van der Waals surface area contributed by atoms with Crippen LogP contribution >= 0.6 is 0 Å². The molecule has 0 radical (unpaired) electrons. The van der Waals surface area contributed by atoms with Crippen molar-refractivity contribution < 1.29 is 4.79 Å². The molecular weight excluding hydrogens is 288 g/mol. The van der Waals surface area contributed by atoms with E-state index in [1.54, 1.807) is 4.90 Å². The van der Waals surface area contributed by atoms with Crippen LogP contribution in [0.25, 0.3) is 0 Å². The second-order valence-corrected chi connectivity index (χ2v) is 6.22. The first-order valence-electron chi connectivity index (χ1n) is 8.51. The van der Waals surface area contributed by atoms with E-state index in [9.17, 15) is 4.79 Å². The number of guanidine groups is 1. The fraction of sp³-hybridized carbons (Fsp3) is 0.556. The molecule has 0 heterocycles. The van der Waals surface area contributed by atoms with E-state index in [2.05, 4.69) is 10.3 Å². The lowest BCUT2D eigenvalue weighted by molar-refractivity contribution is 0.250. The van der Waals surface area contributed by atoms with Crippen LogP contribution in [0.2, 0.25) is 0 Å². The molecule has 1 saturated carbocycles. The zero-order chi connectivity index (χ0) is 16.8. The van der Waals surface area contributed by atoms with Crippen LogP contribution in [-0.2, 0) is 0 Å². The van der Waals surface area contributed by atoms with Crippen LogP contribution in [-0.4, -0.2) is 24.6 Å². The number of anilines is 1. The van der Waals surface area contributed by atoms with E-state index in [1.165, 1.54) is 19.3 Å². The van der Waals surface area contributed by atoms with Crippen molar-refractivity contribution in [3.63, 3.8) is 0 Å². The largest absolute Gasteiger partial charge is 0.370 e. The molecule has 0 saturated heterocycles. The summed E-state index contributed by atoms with van der Waals surface area (Å²) in [5.41, 5.74) is 9.03. The van der Waals surface area contributed by atoms with Crippen molar-refractivity contribution in [2.75, 3.05) is 11.4 Å². The van der Waals surface area contributed by atoms with Gasteiger partial charge in [-0.05, 0) is 44.7 Å². The predicted octanol–water partition coefficient (Wildman–Crippen LogP) is 3.49. The smallest absolute Gasteiger partial charge is 0.328 e. The molecule has 0 aromatic heterocycles. The first-order valence-corrected chi connectivity index (χ1v) is 8.51. The first kappa shape index (κ1) is 17.3. The van der Waals surface area contributed by atoms with E-state index >= 15 is 0 Å². The number of nitrogens with zero attached hydrogens (tertiary/aromatic N) is 2. The minimum atomic E-state index is -0.220. The number of nitrogens with two attached hydrogens (primary N) is 1. The summed E-state index contributed by atoms with van der Waals surface area (Å²) >= 11 is 0. The number of para-hydroxylation sites is 1. The van der Waals surface area contributed by atoms with Crippen LogP contribution in [0.1, 0.15) is 50.2 Å². The lowest BCUT2D eigenvalue weighted by Gasteiger charge is -2.25. The Hall–Kier alpha value is -2.04. The molecule has 0 spiro atoms. The van der Waals surface area contributed by atoms with Gasteiger partial charge in [0.1, 0.15) is 0 Å². The fourth-order valence-electron chi connectivity index (χ4n) is 3.25. The highest BCUT2D eigenvalue weighted by Crippen LogP contribution is 2.24. The highest BCUT2D eigenvalue weighted by molar-refractivity contribution is 6.04. The van der Waals surface area contributed by atoms with E-state index in [1.807, 2.05) is 39.0 Å². The molecule has 126 valence electrons. The average Bonchev–Trinajstić information content (AvgIpc) is 2.51. The van der Waals surface area contributed by atoms with Gasteiger partial charge < -0.3 is 5.73 Å². The Kier molecular flexibility index (Phi) is 6.02. The second kappa shape index (κ2) is 7.99. The summed E-state index contributed by atoms with van der Waals surface area (Å²) in [7, 11) is 0. The number of urea groups is 1. The Morgan fingerprint density at radius 1 is 1.26 bits per heavy atom. The fourth-order valence-corrected chi connectivity index (χ4v) is 3.25. The number of aryl methyl sites for hydroxylation is 2. The number of nitrogens with one attached hydrogen (secondary N) is 1. The van der Waals surface area contributed by atoms with Gasteiger partial charge in [-0.25, -0.2) is 9.79 Å². The molecule has 3 N–H and O–H groups in total. The zero-order valence-corrected chi connectivity index (χ0v) is 14.4. The maximum atomic E-state index is 12.6. The van der Waals surface area contributed by atoms with E-state index in [-0.39, 0.29) is 18.0 Å². The minimum absolute atomic E-state index is 0.220. The molecular formula is C18H28N4O. The zero-order valence-electron chi connectivity index (χ0n) is 14.4. The van der Waals surface area contributed by atoms with Crippen LogP contribution in [0.15, 0.2) is 23.2 Å². The van der Waals surface area contributed by atoms with Crippen molar-refractivity contribution >= 4 is 17.7 Å². The monoisotopic (exact) mass is 316 g/mol. The number of hydrogen-bond donors (Lipinski definition) is 2. The van der Waals surface area contributed by atoms with Gasteiger partial charge in [0.15, 0.2) is 5.96 Å². The Balaban J connectivity index is 2.09. The molecule has 1 aromatic carbocycles. The van der Waals surface area contributed by atoms with Crippen molar-refractivity contribution in [3.8, 4) is 0 Å². The van der Waals surface area contributed by atoms with E-state index in [0.717, 1.165) is 29.7 Å². The maximum absolute atomic E-state index is 12.6. The normalized spacial score (nSPS) is 16.2. The maximum Gasteiger partial charge on any atom is 0.328 e. The number of hydrogen-bond acceptors (Lipinski definition) is 2. The SMILES string of the molecule is CCN(C(=O)NC(N)=NC1CCCCC1)c1c(C)cccc1C. The summed E-state index contributed by atoms with van der Waals surface area (Å²) in [5, 5.41) is 2.75. The Morgan fingerprint density at radius 2 is 1.87 bits per heavy atom. The number of carbonyl (C=O) groups is 1. The van der Waals surface area contributed by atoms with Gasteiger partial charge in [-0.2, -0.15) is 0 Å². The van der Waals surface area contributed by atoms with E-state index in [0.29, 0.717) is 6.54 Å². The number of benzene rings is 1. The van der Waals surface area contributed by atoms with Gasteiger partial charge in [0.2, 0.25) is 0 Å². The summed E-state index contributed by atoms with van der Waals surface area (Å²) in [4.78, 5) is 18.8. The third-order valence-corrected chi connectivity index (χ3v) is 4.40. The van der Waals surface area contributed by atoms with Crippen LogP contribution in [0.4, 0.5) is 10.5 Å². The van der Waals surface area contributed by atoms with Crippen LogP contribution in [0.5, 0.6) is 0 Å². The third-order valence-electron chi connectivity index (χ3n) is 4.40. The second-order valence-electron chi connectivity index (χ2n) is 6.22. The molecule has 23 heavy (non-hydrogen) atoms. The van der Waals surface area contributed by atoms with E-state index in [4.69, 9.17) is 5.73 Å². The lowest BCUT2D eigenvalue weighted by Crippen LogP contribution is -2.47.